The fourth-order valence-corrected chi connectivity index (χ4v) is 5.85. The number of rotatable bonds is 33. The van der Waals surface area contributed by atoms with Crippen molar-refractivity contribution in [1.82, 2.24) is 5.32 Å². The third-order valence-corrected chi connectivity index (χ3v) is 8.64. The zero-order valence-corrected chi connectivity index (χ0v) is 27.9. The molecule has 0 aliphatic carbocycles. The Labute approximate surface area is 250 Å². The second-order valence-corrected chi connectivity index (χ2v) is 14.1. The molecule has 0 saturated heterocycles. The Balaban J connectivity index is 3.15. The Kier molecular flexibility index (Phi) is 31.3. The van der Waals surface area contributed by atoms with Crippen molar-refractivity contribution in [1.29, 1.82) is 0 Å². The van der Waals surface area contributed by atoms with Gasteiger partial charge in [0.05, 0.1) is 6.61 Å². The van der Waals surface area contributed by atoms with Crippen molar-refractivity contribution >= 4 is 13.5 Å². The zero-order valence-electron chi connectivity index (χ0n) is 27.0. The maximum atomic E-state index is 11.9. The first-order valence-electron chi connectivity index (χ1n) is 17.7. The van der Waals surface area contributed by atoms with Crippen LogP contribution in [-0.2, 0) is 13.9 Å². The van der Waals surface area contributed by atoms with E-state index < -0.39 is 7.60 Å². The van der Waals surface area contributed by atoms with E-state index in [0.29, 0.717) is 13.0 Å². The second kappa shape index (κ2) is 31.6. The molecule has 0 heterocycles. The smallest absolute Gasteiger partial charge is 0.325 e. The molecule has 0 bridgehead atoms. The summed E-state index contributed by atoms with van der Waals surface area (Å²) in [5.41, 5.74) is 0. The lowest BCUT2D eigenvalue weighted by molar-refractivity contribution is -0.121. The van der Waals surface area contributed by atoms with Crippen LogP contribution < -0.4 is 5.32 Å². The SMILES string of the molecule is CCCCCCCCCCCCCCCCCCCCCCCCCCC(=O)NCCCCCCOP(C)(=O)O. The van der Waals surface area contributed by atoms with E-state index in [4.69, 9.17) is 9.42 Å². The molecule has 40 heavy (non-hydrogen) atoms. The fraction of sp³-hybridized carbons (Fsp3) is 0.971. The van der Waals surface area contributed by atoms with Crippen molar-refractivity contribution in [3.63, 3.8) is 0 Å². The Morgan fingerprint density at radius 3 is 1.25 bits per heavy atom. The molecule has 1 amide bonds. The van der Waals surface area contributed by atoms with Gasteiger partial charge in [0.1, 0.15) is 0 Å². The molecule has 0 aromatic carbocycles. The van der Waals surface area contributed by atoms with Crippen LogP contribution in [0.25, 0.3) is 0 Å². The van der Waals surface area contributed by atoms with Gasteiger partial charge < -0.3 is 14.7 Å². The summed E-state index contributed by atoms with van der Waals surface area (Å²) in [4.78, 5) is 21.0. The summed E-state index contributed by atoms with van der Waals surface area (Å²) in [6.07, 6.45) is 37.7. The molecule has 0 fully saturated rings. The molecular weight excluding hydrogens is 517 g/mol. The fourth-order valence-electron chi connectivity index (χ4n) is 5.38. The van der Waals surface area contributed by atoms with Crippen molar-refractivity contribution in [2.45, 2.75) is 193 Å². The first kappa shape index (κ1) is 39.6. The highest BCUT2D eigenvalue weighted by Crippen LogP contribution is 2.36. The molecule has 0 spiro atoms. The lowest BCUT2D eigenvalue weighted by atomic mass is 10.0. The topological polar surface area (TPSA) is 75.6 Å². The van der Waals surface area contributed by atoms with Gasteiger partial charge in [-0.1, -0.05) is 167 Å². The molecule has 1 atom stereocenters. The molecule has 240 valence electrons. The molecule has 2 N–H and O–H groups in total. The molecule has 0 rings (SSSR count). The van der Waals surface area contributed by atoms with E-state index in [1.807, 2.05) is 0 Å². The Bertz CT molecular complexity index is 566. The van der Waals surface area contributed by atoms with Gasteiger partial charge in [0.25, 0.3) is 0 Å². The highest BCUT2D eigenvalue weighted by molar-refractivity contribution is 7.51. The lowest BCUT2D eigenvalue weighted by Crippen LogP contribution is -2.23. The van der Waals surface area contributed by atoms with Gasteiger partial charge >= 0.3 is 7.60 Å². The normalized spacial score (nSPS) is 13.0. The minimum atomic E-state index is -3.33. The minimum absolute atomic E-state index is 0.175. The molecular formula is C34H70NO4P. The summed E-state index contributed by atoms with van der Waals surface area (Å²) >= 11 is 0. The number of amides is 1. The Hall–Kier alpha value is -0.380. The summed E-state index contributed by atoms with van der Waals surface area (Å²) in [6, 6.07) is 0. The van der Waals surface area contributed by atoms with E-state index in [1.54, 1.807) is 0 Å². The average Bonchev–Trinajstić information content (AvgIpc) is 2.92. The molecule has 0 aromatic heterocycles. The third kappa shape index (κ3) is 35.6. The van der Waals surface area contributed by atoms with Crippen LogP contribution in [-0.4, -0.2) is 30.6 Å². The predicted molar refractivity (Wildman–Crippen MR) is 174 cm³/mol. The number of unbranched alkanes of at least 4 members (excludes halogenated alkanes) is 26. The van der Waals surface area contributed by atoms with Gasteiger partial charge in [0.2, 0.25) is 5.91 Å². The lowest BCUT2D eigenvalue weighted by Gasteiger charge is -2.07. The van der Waals surface area contributed by atoms with Crippen molar-refractivity contribution in [2.75, 3.05) is 19.8 Å². The second-order valence-electron chi connectivity index (χ2n) is 12.3. The van der Waals surface area contributed by atoms with Crippen LogP contribution in [0, 0.1) is 0 Å². The maximum absolute atomic E-state index is 11.9. The molecule has 0 aliphatic rings. The van der Waals surface area contributed by atoms with E-state index in [-0.39, 0.29) is 5.91 Å². The highest BCUT2D eigenvalue weighted by atomic mass is 31.2. The zero-order chi connectivity index (χ0) is 29.4. The Morgan fingerprint density at radius 1 is 0.550 bits per heavy atom. The van der Waals surface area contributed by atoms with E-state index >= 15 is 0 Å². The van der Waals surface area contributed by atoms with Gasteiger partial charge in [-0.2, -0.15) is 0 Å². The van der Waals surface area contributed by atoms with E-state index in [1.165, 1.54) is 154 Å². The Morgan fingerprint density at radius 2 is 0.875 bits per heavy atom. The van der Waals surface area contributed by atoms with Crippen LogP contribution in [0.2, 0.25) is 0 Å². The molecule has 0 radical (unpaired) electrons. The average molecular weight is 588 g/mol. The van der Waals surface area contributed by atoms with Gasteiger partial charge in [-0.05, 0) is 19.3 Å². The van der Waals surface area contributed by atoms with Crippen molar-refractivity contribution in [3.8, 4) is 0 Å². The monoisotopic (exact) mass is 588 g/mol. The number of nitrogens with one attached hydrogen (secondary N) is 1. The minimum Gasteiger partial charge on any atom is -0.356 e. The number of hydrogen-bond donors (Lipinski definition) is 2. The summed E-state index contributed by atoms with van der Waals surface area (Å²) in [6.45, 7) is 4.56. The van der Waals surface area contributed by atoms with Gasteiger partial charge in [0.15, 0.2) is 0 Å². The molecule has 0 saturated carbocycles. The molecule has 5 nitrogen and oxygen atoms in total. The predicted octanol–water partition coefficient (Wildman–Crippen LogP) is 11.3. The van der Waals surface area contributed by atoms with Crippen LogP contribution in [0.1, 0.15) is 193 Å². The first-order valence-corrected chi connectivity index (χ1v) is 19.7. The largest absolute Gasteiger partial charge is 0.356 e. The van der Waals surface area contributed by atoms with E-state index in [0.717, 1.165) is 38.6 Å². The molecule has 0 aliphatic heterocycles. The number of carbonyl (C=O) groups is 1. The summed E-state index contributed by atoms with van der Waals surface area (Å²) < 4.78 is 15.9. The molecule has 6 heteroatoms. The van der Waals surface area contributed by atoms with E-state index in [9.17, 15) is 9.36 Å². The van der Waals surface area contributed by atoms with Crippen molar-refractivity contribution < 1.29 is 18.8 Å². The van der Waals surface area contributed by atoms with Gasteiger partial charge in [-0.3, -0.25) is 9.36 Å². The standard InChI is InChI=1S/C34H70NO4P/c1-3-4-5-6-7-8-9-10-11-12-13-14-15-16-17-18-19-20-21-22-23-24-25-28-31-34(36)35-32-29-26-27-30-33-39-40(2,37)38/h3-33H2,1-2H3,(H,35,36)(H,37,38). The number of hydrogen-bond acceptors (Lipinski definition) is 3. The highest BCUT2D eigenvalue weighted by Gasteiger charge is 2.08. The summed E-state index contributed by atoms with van der Waals surface area (Å²) in [5.74, 6) is 0.175. The van der Waals surface area contributed by atoms with Crippen LogP contribution in [0.4, 0.5) is 0 Å². The maximum Gasteiger partial charge on any atom is 0.325 e. The van der Waals surface area contributed by atoms with E-state index in [2.05, 4.69) is 12.2 Å². The first-order chi connectivity index (χ1) is 19.5. The third-order valence-electron chi connectivity index (χ3n) is 7.98. The van der Waals surface area contributed by atoms with Crippen molar-refractivity contribution in [2.24, 2.45) is 0 Å². The summed E-state index contributed by atoms with van der Waals surface area (Å²) in [7, 11) is -3.33. The molecule has 0 aromatic rings. The van der Waals surface area contributed by atoms with Crippen LogP contribution in [0.3, 0.4) is 0 Å². The van der Waals surface area contributed by atoms with Crippen LogP contribution >= 0.6 is 7.60 Å². The van der Waals surface area contributed by atoms with Gasteiger partial charge in [0, 0.05) is 19.6 Å². The van der Waals surface area contributed by atoms with Crippen LogP contribution in [0.15, 0.2) is 0 Å². The molecule has 1 unspecified atom stereocenters. The van der Waals surface area contributed by atoms with Gasteiger partial charge in [-0.15, -0.1) is 0 Å². The van der Waals surface area contributed by atoms with Gasteiger partial charge in [-0.25, -0.2) is 0 Å². The number of carbonyl (C=O) groups excluding carboxylic acids is 1. The van der Waals surface area contributed by atoms with Crippen molar-refractivity contribution in [3.05, 3.63) is 0 Å². The van der Waals surface area contributed by atoms with Crippen LogP contribution in [0.5, 0.6) is 0 Å². The quantitative estimate of drug-likeness (QED) is 0.0591. The summed E-state index contributed by atoms with van der Waals surface area (Å²) in [5, 5.41) is 3.01.